The van der Waals surface area contributed by atoms with Crippen LogP contribution in [0.3, 0.4) is 0 Å². The molecule has 0 aromatic carbocycles. The van der Waals surface area contributed by atoms with Crippen LogP contribution in [0.1, 0.15) is 77.6 Å². The van der Waals surface area contributed by atoms with Gasteiger partial charge in [0, 0.05) is 0 Å². The summed E-state index contributed by atoms with van der Waals surface area (Å²) in [6.45, 7) is 2.27. The van der Waals surface area contributed by atoms with Gasteiger partial charge in [0.05, 0.1) is 0 Å². The lowest BCUT2D eigenvalue weighted by molar-refractivity contribution is 0.549. The molecule has 1 N–H and O–H groups in total. The summed E-state index contributed by atoms with van der Waals surface area (Å²) in [6.07, 6.45) is 15.4. The van der Waals surface area contributed by atoms with Crippen molar-refractivity contribution in [3.8, 4) is 0 Å². The normalized spacial score (nSPS) is 11.6. The topological polar surface area (TPSA) is 20.2 Å². The van der Waals surface area contributed by atoms with Crippen molar-refractivity contribution in [2.45, 2.75) is 83.6 Å². The van der Waals surface area contributed by atoms with E-state index >= 15 is 0 Å². The molecule has 0 fully saturated rings. The van der Waals surface area contributed by atoms with Gasteiger partial charge in [0.15, 0.2) is 9.76 Å². The average molecular weight is 230 g/mol. The standard InChI is InChI=1S/C13H30OSi/c1-2-3-4-5-6-7-8-9-10-11-12-13-15-14/h14H,2-13,15H2,1H3. The Morgan fingerprint density at radius 2 is 1.07 bits per heavy atom. The first-order chi connectivity index (χ1) is 7.41. The number of rotatable bonds is 12. The molecular weight excluding hydrogens is 200 g/mol. The number of hydrogen-bond acceptors (Lipinski definition) is 1. The summed E-state index contributed by atoms with van der Waals surface area (Å²) in [5.41, 5.74) is 0. The summed E-state index contributed by atoms with van der Waals surface area (Å²) in [5.74, 6) is 0. The highest BCUT2D eigenvalue weighted by Gasteiger charge is 1.92. The molecular formula is C13H30OSi. The summed E-state index contributed by atoms with van der Waals surface area (Å²) in [5, 5.41) is 0. The van der Waals surface area contributed by atoms with E-state index in [1.54, 1.807) is 0 Å². The van der Waals surface area contributed by atoms with Crippen molar-refractivity contribution in [2.24, 2.45) is 0 Å². The number of hydrogen-bond donors (Lipinski definition) is 1. The molecule has 0 aliphatic rings. The molecule has 0 saturated heterocycles. The molecule has 0 saturated carbocycles. The Bertz CT molecular complexity index is 94.7. The van der Waals surface area contributed by atoms with Crippen LogP contribution >= 0.6 is 0 Å². The minimum atomic E-state index is -0.642. The predicted octanol–water partition coefficient (Wildman–Crippen LogP) is 3.79. The first-order valence-electron chi connectivity index (χ1n) is 7.02. The van der Waals surface area contributed by atoms with E-state index in [0.717, 1.165) is 6.04 Å². The first-order valence-corrected chi connectivity index (χ1v) is 8.66. The Labute approximate surface area is 98.6 Å². The monoisotopic (exact) mass is 230 g/mol. The molecule has 1 nitrogen and oxygen atoms in total. The maximum atomic E-state index is 8.75. The van der Waals surface area contributed by atoms with Crippen LogP contribution < -0.4 is 0 Å². The summed E-state index contributed by atoms with van der Waals surface area (Å²) in [4.78, 5) is 8.75. The molecule has 0 atom stereocenters. The summed E-state index contributed by atoms with van der Waals surface area (Å²) in [6, 6.07) is 1.14. The van der Waals surface area contributed by atoms with Crippen molar-refractivity contribution in [3.05, 3.63) is 0 Å². The second kappa shape index (κ2) is 14.2. The minimum Gasteiger partial charge on any atom is -0.438 e. The smallest absolute Gasteiger partial charge is 0.156 e. The Balaban J connectivity index is 2.81. The van der Waals surface area contributed by atoms with Gasteiger partial charge >= 0.3 is 0 Å². The van der Waals surface area contributed by atoms with Gasteiger partial charge in [0.1, 0.15) is 0 Å². The van der Waals surface area contributed by atoms with E-state index in [4.69, 9.17) is 4.80 Å². The highest BCUT2D eigenvalue weighted by atomic mass is 28.2. The molecule has 0 bridgehead atoms. The third-order valence-corrected chi connectivity index (χ3v) is 3.83. The third-order valence-electron chi connectivity index (χ3n) is 3.01. The highest BCUT2D eigenvalue weighted by molar-refractivity contribution is 6.25. The fourth-order valence-corrected chi connectivity index (χ4v) is 2.53. The van der Waals surface area contributed by atoms with Crippen LogP contribution in [0.4, 0.5) is 0 Å². The summed E-state index contributed by atoms with van der Waals surface area (Å²) >= 11 is 0. The molecule has 0 amide bonds. The van der Waals surface area contributed by atoms with Crippen molar-refractivity contribution in [1.29, 1.82) is 0 Å². The van der Waals surface area contributed by atoms with Gasteiger partial charge in [0.2, 0.25) is 0 Å². The Kier molecular flexibility index (Phi) is 14.3. The van der Waals surface area contributed by atoms with Crippen molar-refractivity contribution in [1.82, 2.24) is 0 Å². The van der Waals surface area contributed by atoms with E-state index in [1.165, 1.54) is 70.6 Å². The van der Waals surface area contributed by atoms with Crippen molar-refractivity contribution >= 4 is 9.76 Å². The molecule has 0 spiro atoms. The SMILES string of the molecule is CCCCCCCCCCCCC[SiH2]O. The van der Waals surface area contributed by atoms with E-state index in [-0.39, 0.29) is 0 Å². The van der Waals surface area contributed by atoms with Crippen molar-refractivity contribution in [3.63, 3.8) is 0 Å². The van der Waals surface area contributed by atoms with E-state index in [1.807, 2.05) is 0 Å². The van der Waals surface area contributed by atoms with Crippen LogP contribution in [-0.2, 0) is 0 Å². The molecule has 0 unspecified atom stereocenters. The zero-order chi connectivity index (χ0) is 11.2. The van der Waals surface area contributed by atoms with E-state index in [2.05, 4.69) is 6.92 Å². The molecule has 0 aromatic heterocycles. The highest BCUT2D eigenvalue weighted by Crippen LogP contribution is 2.11. The predicted molar refractivity (Wildman–Crippen MR) is 72.0 cm³/mol. The van der Waals surface area contributed by atoms with E-state index in [9.17, 15) is 0 Å². The molecule has 2 heteroatoms. The summed E-state index contributed by atoms with van der Waals surface area (Å²) < 4.78 is 0. The first kappa shape index (κ1) is 15.2. The van der Waals surface area contributed by atoms with Crippen LogP contribution in [0.25, 0.3) is 0 Å². The fourth-order valence-electron chi connectivity index (χ4n) is 1.95. The molecule has 0 radical (unpaired) electrons. The van der Waals surface area contributed by atoms with E-state index in [0.29, 0.717) is 0 Å². The second-order valence-electron chi connectivity index (χ2n) is 4.61. The largest absolute Gasteiger partial charge is 0.438 e. The summed E-state index contributed by atoms with van der Waals surface area (Å²) in [7, 11) is -0.642. The van der Waals surface area contributed by atoms with Crippen LogP contribution in [0.15, 0.2) is 0 Å². The van der Waals surface area contributed by atoms with E-state index < -0.39 is 9.76 Å². The maximum absolute atomic E-state index is 8.75. The average Bonchev–Trinajstić information content (AvgIpc) is 2.26. The minimum absolute atomic E-state index is 0.642. The maximum Gasteiger partial charge on any atom is 0.156 e. The molecule has 0 heterocycles. The van der Waals surface area contributed by atoms with Gasteiger partial charge in [-0.05, 0) is 6.04 Å². The van der Waals surface area contributed by atoms with Crippen LogP contribution in [0.2, 0.25) is 6.04 Å². The number of unbranched alkanes of at least 4 members (excludes halogenated alkanes) is 10. The Morgan fingerprint density at radius 3 is 1.47 bits per heavy atom. The zero-order valence-electron chi connectivity index (χ0n) is 10.6. The quantitative estimate of drug-likeness (QED) is 0.399. The van der Waals surface area contributed by atoms with Crippen LogP contribution in [0.5, 0.6) is 0 Å². The van der Waals surface area contributed by atoms with Gasteiger partial charge in [-0.15, -0.1) is 0 Å². The van der Waals surface area contributed by atoms with Gasteiger partial charge < -0.3 is 4.80 Å². The molecule has 0 rings (SSSR count). The zero-order valence-corrected chi connectivity index (χ0v) is 12.1. The molecule has 92 valence electrons. The van der Waals surface area contributed by atoms with Gasteiger partial charge in [-0.1, -0.05) is 77.6 Å². The van der Waals surface area contributed by atoms with Crippen LogP contribution in [-0.4, -0.2) is 14.6 Å². The third kappa shape index (κ3) is 14.2. The lowest BCUT2D eigenvalue weighted by Gasteiger charge is -2.01. The lowest BCUT2D eigenvalue weighted by Crippen LogP contribution is -1.86. The fraction of sp³-hybridized carbons (Fsp3) is 1.00. The molecule has 0 aliphatic carbocycles. The molecule has 15 heavy (non-hydrogen) atoms. The van der Waals surface area contributed by atoms with Crippen molar-refractivity contribution < 1.29 is 4.80 Å². The van der Waals surface area contributed by atoms with Crippen molar-refractivity contribution in [2.75, 3.05) is 0 Å². The Hall–Kier alpha value is 0.177. The molecule has 0 aliphatic heterocycles. The molecule has 0 aromatic rings. The Morgan fingerprint density at radius 1 is 0.667 bits per heavy atom. The second-order valence-corrected chi connectivity index (χ2v) is 5.77. The van der Waals surface area contributed by atoms with Gasteiger partial charge in [0.25, 0.3) is 0 Å². The lowest BCUT2D eigenvalue weighted by atomic mass is 10.1. The van der Waals surface area contributed by atoms with Gasteiger partial charge in [-0.3, -0.25) is 0 Å². The van der Waals surface area contributed by atoms with Gasteiger partial charge in [-0.25, -0.2) is 0 Å². The van der Waals surface area contributed by atoms with Gasteiger partial charge in [-0.2, -0.15) is 0 Å². The van der Waals surface area contributed by atoms with Crippen LogP contribution in [0, 0.1) is 0 Å².